The number of amides is 1. The number of benzene rings is 1. The molecule has 1 fully saturated rings. The molecule has 1 atom stereocenters. The van der Waals surface area contributed by atoms with E-state index in [2.05, 4.69) is 5.32 Å². The molecule has 1 unspecified atom stereocenters. The van der Waals surface area contributed by atoms with Gasteiger partial charge in [-0.05, 0) is 32.9 Å². The summed E-state index contributed by atoms with van der Waals surface area (Å²) in [6.45, 7) is 6.52. The predicted octanol–water partition coefficient (Wildman–Crippen LogP) is 1.07. The highest BCUT2D eigenvalue weighted by molar-refractivity contribution is 5.87. The summed E-state index contributed by atoms with van der Waals surface area (Å²) in [5, 5.41) is 12.3. The average molecular weight is 248 g/mol. The van der Waals surface area contributed by atoms with E-state index in [4.69, 9.17) is 0 Å². The predicted molar refractivity (Wildman–Crippen MR) is 71.6 cm³/mol. The van der Waals surface area contributed by atoms with Crippen LogP contribution in [0.5, 0.6) is 0 Å². The average Bonchev–Trinajstić information content (AvgIpc) is 2.28. The van der Waals surface area contributed by atoms with Gasteiger partial charge in [-0.25, -0.2) is 0 Å². The molecule has 0 saturated carbocycles. The van der Waals surface area contributed by atoms with Crippen molar-refractivity contribution in [3.63, 3.8) is 0 Å². The van der Waals surface area contributed by atoms with Crippen LogP contribution in [-0.4, -0.2) is 35.7 Å². The molecule has 1 aromatic carbocycles. The standard InChI is InChI=1S/C14H20N2O2/c1-10-4-6-11(7-5-10)16-9-14(2,3)15-13(18)12(16)8-17/h4-7,12,17H,8-9H2,1-3H3,(H,15,18). The molecule has 1 aromatic rings. The Morgan fingerprint density at radius 1 is 1.39 bits per heavy atom. The van der Waals surface area contributed by atoms with Crippen LogP contribution in [0.15, 0.2) is 24.3 Å². The summed E-state index contributed by atoms with van der Waals surface area (Å²) in [6, 6.07) is 7.52. The summed E-state index contributed by atoms with van der Waals surface area (Å²) >= 11 is 0. The molecule has 18 heavy (non-hydrogen) atoms. The highest BCUT2D eigenvalue weighted by atomic mass is 16.3. The summed E-state index contributed by atoms with van der Waals surface area (Å²) in [4.78, 5) is 13.9. The number of carbonyl (C=O) groups is 1. The largest absolute Gasteiger partial charge is 0.394 e. The molecule has 0 aliphatic carbocycles. The number of rotatable bonds is 2. The van der Waals surface area contributed by atoms with Gasteiger partial charge in [-0.3, -0.25) is 4.79 Å². The van der Waals surface area contributed by atoms with Crippen molar-refractivity contribution in [3.8, 4) is 0 Å². The number of aryl methyl sites for hydroxylation is 1. The number of anilines is 1. The van der Waals surface area contributed by atoms with Gasteiger partial charge >= 0.3 is 0 Å². The molecule has 4 heteroatoms. The van der Waals surface area contributed by atoms with Crippen LogP contribution in [0.2, 0.25) is 0 Å². The molecule has 1 amide bonds. The van der Waals surface area contributed by atoms with Crippen LogP contribution < -0.4 is 10.2 Å². The van der Waals surface area contributed by atoms with Crippen molar-refractivity contribution >= 4 is 11.6 Å². The van der Waals surface area contributed by atoms with Gasteiger partial charge in [0.15, 0.2) is 0 Å². The maximum Gasteiger partial charge on any atom is 0.245 e. The number of aliphatic hydroxyl groups excluding tert-OH is 1. The summed E-state index contributed by atoms with van der Waals surface area (Å²) in [5.41, 5.74) is 1.87. The van der Waals surface area contributed by atoms with E-state index in [1.165, 1.54) is 5.56 Å². The number of hydrogen-bond acceptors (Lipinski definition) is 3. The monoisotopic (exact) mass is 248 g/mol. The minimum absolute atomic E-state index is 0.116. The van der Waals surface area contributed by atoms with Crippen molar-refractivity contribution in [2.75, 3.05) is 18.1 Å². The minimum atomic E-state index is -0.499. The van der Waals surface area contributed by atoms with Crippen LogP contribution in [0.3, 0.4) is 0 Å². The molecular formula is C14H20N2O2. The molecule has 1 heterocycles. The topological polar surface area (TPSA) is 52.6 Å². The van der Waals surface area contributed by atoms with Crippen molar-refractivity contribution in [3.05, 3.63) is 29.8 Å². The number of aliphatic hydroxyl groups is 1. The molecule has 98 valence electrons. The molecule has 1 aliphatic rings. The summed E-state index contributed by atoms with van der Waals surface area (Å²) in [6.07, 6.45) is 0. The molecular weight excluding hydrogens is 228 g/mol. The van der Waals surface area contributed by atoms with Crippen molar-refractivity contribution in [2.24, 2.45) is 0 Å². The van der Waals surface area contributed by atoms with Crippen LogP contribution in [-0.2, 0) is 4.79 Å². The third-order valence-corrected chi connectivity index (χ3v) is 3.24. The van der Waals surface area contributed by atoms with E-state index < -0.39 is 6.04 Å². The Bertz CT molecular complexity index is 440. The quantitative estimate of drug-likeness (QED) is 0.823. The van der Waals surface area contributed by atoms with Gasteiger partial charge in [0.2, 0.25) is 5.91 Å². The fourth-order valence-corrected chi connectivity index (χ4v) is 2.32. The normalized spacial score (nSPS) is 22.8. The fraction of sp³-hybridized carbons (Fsp3) is 0.500. The van der Waals surface area contributed by atoms with Crippen LogP contribution in [0.1, 0.15) is 19.4 Å². The van der Waals surface area contributed by atoms with Gasteiger partial charge in [-0.1, -0.05) is 17.7 Å². The lowest BCUT2D eigenvalue weighted by molar-refractivity contribution is -0.126. The molecule has 1 aliphatic heterocycles. The zero-order valence-electron chi connectivity index (χ0n) is 11.1. The molecule has 0 radical (unpaired) electrons. The SMILES string of the molecule is Cc1ccc(N2CC(C)(C)NC(=O)C2CO)cc1. The van der Waals surface area contributed by atoms with E-state index in [1.807, 2.05) is 49.9 Å². The first-order valence-electron chi connectivity index (χ1n) is 6.19. The third kappa shape index (κ3) is 2.48. The molecule has 1 saturated heterocycles. The lowest BCUT2D eigenvalue weighted by atomic mass is 9.97. The first-order chi connectivity index (χ1) is 8.43. The van der Waals surface area contributed by atoms with E-state index >= 15 is 0 Å². The number of piperazine rings is 1. The smallest absolute Gasteiger partial charge is 0.245 e. The summed E-state index contributed by atoms with van der Waals surface area (Å²) < 4.78 is 0. The maximum absolute atomic E-state index is 12.0. The second-order valence-electron chi connectivity index (χ2n) is 5.53. The molecule has 2 N–H and O–H groups in total. The molecule has 4 nitrogen and oxygen atoms in total. The molecule has 0 spiro atoms. The van der Waals surface area contributed by atoms with Crippen molar-refractivity contribution in [1.82, 2.24) is 5.32 Å². The van der Waals surface area contributed by atoms with Crippen LogP contribution in [0.25, 0.3) is 0 Å². The van der Waals surface area contributed by atoms with Crippen LogP contribution in [0, 0.1) is 6.92 Å². The highest BCUT2D eigenvalue weighted by Gasteiger charge is 2.38. The number of hydrogen-bond donors (Lipinski definition) is 2. The third-order valence-electron chi connectivity index (χ3n) is 3.24. The minimum Gasteiger partial charge on any atom is -0.394 e. The lowest BCUT2D eigenvalue weighted by Crippen LogP contribution is -2.66. The van der Waals surface area contributed by atoms with Crippen LogP contribution in [0.4, 0.5) is 5.69 Å². The number of nitrogens with zero attached hydrogens (tertiary/aromatic N) is 1. The van der Waals surface area contributed by atoms with E-state index in [0.717, 1.165) is 5.69 Å². The zero-order chi connectivity index (χ0) is 13.3. The molecule has 2 rings (SSSR count). The Morgan fingerprint density at radius 2 is 2.00 bits per heavy atom. The fourth-order valence-electron chi connectivity index (χ4n) is 2.32. The van der Waals surface area contributed by atoms with Gasteiger partial charge in [0.25, 0.3) is 0 Å². The van der Waals surface area contributed by atoms with Crippen molar-refractivity contribution in [2.45, 2.75) is 32.4 Å². The Hall–Kier alpha value is -1.55. The van der Waals surface area contributed by atoms with E-state index in [-0.39, 0.29) is 18.1 Å². The van der Waals surface area contributed by atoms with Crippen molar-refractivity contribution < 1.29 is 9.90 Å². The summed E-state index contributed by atoms with van der Waals surface area (Å²) in [7, 11) is 0. The van der Waals surface area contributed by atoms with E-state index in [9.17, 15) is 9.90 Å². The maximum atomic E-state index is 12.0. The lowest BCUT2D eigenvalue weighted by Gasteiger charge is -2.44. The highest BCUT2D eigenvalue weighted by Crippen LogP contribution is 2.24. The van der Waals surface area contributed by atoms with E-state index in [1.54, 1.807) is 0 Å². The van der Waals surface area contributed by atoms with Gasteiger partial charge in [-0.15, -0.1) is 0 Å². The molecule has 0 bridgehead atoms. The van der Waals surface area contributed by atoms with Gasteiger partial charge in [0, 0.05) is 12.2 Å². The first kappa shape index (κ1) is 12.9. The van der Waals surface area contributed by atoms with Crippen molar-refractivity contribution in [1.29, 1.82) is 0 Å². The Kier molecular flexibility index (Phi) is 3.30. The zero-order valence-corrected chi connectivity index (χ0v) is 11.1. The van der Waals surface area contributed by atoms with Gasteiger partial charge < -0.3 is 15.3 Å². The summed E-state index contributed by atoms with van der Waals surface area (Å²) in [5.74, 6) is -0.116. The molecule has 0 aromatic heterocycles. The second kappa shape index (κ2) is 4.61. The van der Waals surface area contributed by atoms with E-state index in [0.29, 0.717) is 6.54 Å². The Morgan fingerprint density at radius 3 is 2.56 bits per heavy atom. The van der Waals surface area contributed by atoms with Crippen LogP contribution >= 0.6 is 0 Å². The first-order valence-corrected chi connectivity index (χ1v) is 6.19. The second-order valence-corrected chi connectivity index (χ2v) is 5.53. The number of nitrogens with one attached hydrogen (secondary N) is 1. The Labute approximate surface area is 108 Å². The van der Waals surface area contributed by atoms with Gasteiger partial charge in [0.05, 0.1) is 12.1 Å². The Balaban J connectivity index is 2.32. The van der Waals surface area contributed by atoms with Gasteiger partial charge in [0.1, 0.15) is 6.04 Å². The number of carbonyl (C=O) groups excluding carboxylic acids is 1. The van der Waals surface area contributed by atoms with Gasteiger partial charge in [-0.2, -0.15) is 0 Å².